The fourth-order valence-corrected chi connectivity index (χ4v) is 4.35. The van der Waals surface area contributed by atoms with Gasteiger partial charge in [-0.3, -0.25) is 4.79 Å². The molecule has 2 atom stereocenters. The maximum absolute atomic E-state index is 13.4. The van der Waals surface area contributed by atoms with Crippen molar-refractivity contribution in [2.45, 2.75) is 50.2 Å². The Morgan fingerprint density at radius 3 is 2.62 bits per heavy atom. The molecule has 0 aromatic heterocycles. The predicted molar refractivity (Wildman–Crippen MR) is 92.8 cm³/mol. The van der Waals surface area contributed by atoms with Gasteiger partial charge in [0.05, 0.1) is 18.1 Å². The average molecular weight is 396 g/mol. The molecular formula is C18H22BrNO4. The summed E-state index contributed by atoms with van der Waals surface area (Å²) in [5, 5.41) is 9.27. The Morgan fingerprint density at radius 1 is 1.29 bits per heavy atom. The first-order chi connectivity index (χ1) is 11.4. The van der Waals surface area contributed by atoms with Crippen LogP contribution in [0.5, 0.6) is 0 Å². The Labute approximate surface area is 150 Å². The van der Waals surface area contributed by atoms with E-state index in [1.807, 2.05) is 31.2 Å². The number of amides is 1. The molecule has 6 heteroatoms. The molecule has 1 amide bonds. The first-order valence-corrected chi connectivity index (χ1v) is 9.15. The number of benzene rings is 1. The Bertz CT molecular complexity index is 642. The maximum atomic E-state index is 13.4. The van der Waals surface area contributed by atoms with Gasteiger partial charge in [-0.15, -0.1) is 0 Å². The number of carbonyl (C=O) groups excluding carboxylic acids is 1. The van der Waals surface area contributed by atoms with E-state index >= 15 is 0 Å². The number of ether oxygens (including phenoxy) is 1. The van der Waals surface area contributed by atoms with E-state index in [4.69, 9.17) is 4.74 Å². The van der Waals surface area contributed by atoms with Gasteiger partial charge < -0.3 is 14.7 Å². The number of carboxylic acids is 1. The van der Waals surface area contributed by atoms with Crippen LogP contribution in [0.2, 0.25) is 0 Å². The van der Waals surface area contributed by atoms with Crippen LogP contribution in [0.25, 0.3) is 0 Å². The molecule has 0 spiro atoms. The molecule has 1 aliphatic heterocycles. The van der Waals surface area contributed by atoms with Crippen LogP contribution in [-0.2, 0) is 19.7 Å². The second-order valence-corrected chi connectivity index (χ2v) is 7.70. The number of hydrogen-bond donors (Lipinski definition) is 1. The third-order valence-corrected chi connectivity index (χ3v) is 5.56. The van der Waals surface area contributed by atoms with Gasteiger partial charge in [-0.25, -0.2) is 4.79 Å². The van der Waals surface area contributed by atoms with Crippen LogP contribution in [-0.4, -0.2) is 47.2 Å². The zero-order chi connectivity index (χ0) is 17.3. The van der Waals surface area contributed by atoms with Crippen molar-refractivity contribution < 1.29 is 19.4 Å². The molecule has 1 N–H and O–H groups in total. The summed E-state index contributed by atoms with van der Waals surface area (Å²) >= 11 is 3.49. The van der Waals surface area contributed by atoms with Gasteiger partial charge in [0.25, 0.3) is 0 Å². The fraction of sp³-hybridized carbons (Fsp3) is 0.556. The number of morpholine rings is 1. The summed E-state index contributed by atoms with van der Waals surface area (Å²) in [5.41, 5.74) is 0.481. The van der Waals surface area contributed by atoms with E-state index < -0.39 is 17.5 Å². The molecule has 5 nitrogen and oxygen atoms in total. The van der Waals surface area contributed by atoms with Crippen molar-refractivity contribution in [3.05, 3.63) is 34.3 Å². The molecule has 1 saturated carbocycles. The Kier molecular flexibility index (Phi) is 4.97. The second-order valence-electron chi connectivity index (χ2n) is 6.78. The highest BCUT2D eigenvalue weighted by atomic mass is 79.9. The SMILES string of the molecule is C[C@@H]1CN(C(=O)C2(c3cccc(Br)c3)CCCC2)CC(C(=O)O)O1. The number of nitrogens with zero attached hydrogens (tertiary/aromatic N) is 1. The normalized spacial score (nSPS) is 26.3. The molecule has 2 fully saturated rings. The highest BCUT2D eigenvalue weighted by Crippen LogP contribution is 2.43. The van der Waals surface area contributed by atoms with E-state index in [2.05, 4.69) is 15.9 Å². The molecule has 1 heterocycles. The molecule has 1 saturated heterocycles. The lowest BCUT2D eigenvalue weighted by molar-refractivity contribution is -0.168. The van der Waals surface area contributed by atoms with E-state index in [1.54, 1.807) is 4.90 Å². The van der Waals surface area contributed by atoms with Crippen LogP contribution < -0.4 is 0 Å². The van der Waals surface area contributed by atoms with Gasteiger partial charge in [0.2, 0.25) is 5.91 Å². The van der Waals surface area contributed by atoms with E-state index in [0.717, 1.165) is 35.7 Å². The first-order valence-electron chi connectivity index (χ1n) is 8.36. The van der Waals surface area contributed by atoms with Crippen molar-refractivity contribution in [3.8, 4) is 0 Å². The van der Waals surface area contributed by atoms with Gasteiger partial charge in [0.15, 0.2) is 6.10 Å². The van der Waals surface area contributed by atoms with E-state index in [9.17, 15) is 14.7 Å². The molecule has 24 heavy (non-hydrogen) atoms. The predicted octanol–water partition coefficient (Wildman–Crippen LogP) is 2.96. The molecule has 2 aliphatic rings. The Balaban J connectivity index is 1.91. The van der Waals surface area contributed by atoms with Gasteiger partial charge in [-0.1, -0.05) is 40.9 Å². The standard InChI is InChI=1S/C18H22BrNO4/c1-12-10-20(11-15(24-12)16(21)22)17(23)18(7-2-3-8-18)13-5-4-6-14(19)9-13/h4-6,9,12,15H,2-3,7-8,10-11H2,1H3,(H,21,22)/t12-,15?/m1/s1. The van der Waals surface area contributed by atoms with Gasteiger partial charge in [0, 0.05) is 11.0 Å². The average Bonchev–Trinajstić information content (AvgIpc) is 3.04. The van der Waals surface area contributed by atoms with Crippen LogP contribution >= 0.6 is 15.9 Å². The lowest BCUT2D eigenvalue weighted by Crippen LogP contribution is -2.56. The van der Waals surface area contributed by atoms with Crippen LogP contribution in [0.1, 0.15) is 38.2 Å². The van der Waals surface area contributed by atoms with Crippen LogP contribution in [0.15, 0.2) is 28.7 Å². The zero-order valence-corrected chi connectivity index (χ0v) is 15.3. The fourth-order valence-electron chi connectivity index (χ4n) is 3.95. The summed E-state index contributed by atoms with van der Waals surface area (Å²) in [6.45, 7) is 2.38. The monoisotopic (exact) mass is 395 g/mol. The van der Waals surface area contributed by atoms with E-state index in [1.165, 1.54) is 0 Å². The molecule has 1 aliphatic carbocycles. The number of aliphatic carboxylic acids is 1. The Morgan fingerprint density at radius 2 is 2.00 bits per heavy atom. The minimum absolute atomic E-state index is 0.0412. The van der Waals surface area contributed by atoms with Crippen molar-refractivity contribution in [3.63, 3.8) is 0 Å². The first kappa shape index (κ1) is 17.4. The summed E-state index contributed by atoms with van der Waals surface area (Å²) in [4.78, 5) is 26.4. The van der Waals surface area contributed by atoms with Crippen molar-refractivity contribution in [1.29, 1.82) is 0 Å². The van der Waals surface area contributed by atoms with Crippen molar-refractivity contribution in [2.75, 3.05) is 13.1 Å². The van der Waals surface area contributed by atoms with Crippen LogP contribution in [0, 0.1) is 0 Å². The number of hydrogen-bond acceptors (Lipinski definition) is 3. The summed E-state index contributed by atoms with van der Waals surface area (Å²) < 4.78 is 6.40. The molecule has 1 aromatic rings. The smallest absolute Gasteiger partial charge is 0.334 e. The zero-order valence-electron chi connectivity index (χ0n) is 13.7. The van der Waals surface area contributed by atoms with Gasteiger partial charge in [0.1, 0.15) is 0 Å². The van der Waals surface area contributed by atoms with E-state index in [0.29, 0.717) is 6.54 Å². The lowest BCUT2D eigenvalue weighted by atomic mass is 9.77. The van der Waals surface area contributed by atoms with E-state index in [-0.39, 0.29) is 18.6 Å². The molecule has 1 unspecified atom stereocenters. The second kappa shape index (κ2) is 6.84. The summed E-state index contributed by atoms with van der Waals surface area (Å²) in [7, 11) is 0. The van der Waals surface area contributed by atoms with Gasteiger partial charge >= 0.3 is 5.97 Å². The van der Waals surface area contributed by atoms with Crippen LogP contribution in [0.3, 0.4) is 0 Å². The minimum atomic E-state index is -1.01. The van der Waals surface area contributed by atoms with Crippen LogP contribution in [0.4, 0.5) is 0 Å². The molecule has 3 rings (SSSR count). The van der Waals surface area contributed by atoms with Gasteiger partial charge in [-0.2, -0.15) is 0 Å². The number of carboxylic acid groups (broad SMARTS) is 1. The number of halogens is 1. The highest BCUT2D eigenvalue weighted by molar-refractivity contribution is 9.10. The highest BCUT2D eigenvalue weighted by Gasteiger charge is 2.47. The van der Waals surface area contributed by atoms with Crippen molar-refractivity contribution >= 4 is 27.8 Å². The summed E-state index contributed by atoms with van der Waals surface area (Å²) in [5.74, 6) is -0.971. The molecule has 1 aromatic carbocycles. The molecular weight excluding hydrogens is 374 g/mol. The van der Waals surface area contributed by atoms with Crippen molar-refractivity contribution in [1.82, 2.24) is 4.90 Å². The third kappa shape index (κ3) is 3.22. The largest absolute Gasteiger partial charge is 0.479 e. The quantitative estimate of drug-likeness (QED) is 0.853. The Hall–Kier alpha value is -1.40. The molecule has 0 radical (unpaired) electrons. The lowest BCUT2D eigenvalue weighted by Gasteiger charge is -2.40. The third-order valence-electron chi connectivity index (χ3n) is 5.07. The topological polar surface area (TPSA) is 66.8 Å². The maximum Gasteiger partial charge on any atom is 0.334 e. The minimum Gasteiger partial charge on any atom is -0.479 e. The molecule has 0 bridgehead atoms. The summed E-state index contributed by atoms with van der Waals surface area (Å²) in [6, 6.07) is 7.93. The molecule has 130 valence electrons. The van der Waals surface area contributed by atoms with Crippen molar-refractivity contribution in [2.24, 2.45) is 0 Å². The van der Waals surface area contributed by atoms with Gasteiger partial charge in [-0.05, 0) is 37.5 Å². The number of rotatable bonds is 3. The summed E-state index contributed by atoms with van der Waals surface area (Å²) in [6.07, 6.45) is 2.43. The number of carbonyl (C=O) groups is 2.